The number of H-pyrrole nitrogens is 1. The maximum atomic E-state index is 12.7. The Morgan fingerprint density at radius 2 is 2.03 bits per heavy atom. The van der Waals surface area contributed by atoms with Crippen LogP contribution in [0.1, 0.15) is 25.3 Å². The van der Waals surface area contributed by atoms with Gasteiger partial charge in [-0.1, -0.05) is 19.4 Å². The molecule has 7 nitrogen and oxygen atoms in total. The van der Waals surface area contributed by atoms with Crippen molar-refractivity contribution in [1.82, 2.24) is 19.3 Å². The van der Waals surface area contributed by atoms with Crippen LogP contribution in [-0.4, -0.2) is 37.7 Å². The maximum absolute atomic E-state index is 12.7. The Hall–Kier alpha value is -3.32. The third kappa shape index (κ3) is 3.76. The van der Waals surface area contributed by atoms with Gasteiger partial charge in [-0.05, 0) is 54.8 Å². The monoisotopic (exact) mass is 406 g/mol. The fourth-order valence-electron chi connectivity index (χ4n) is 3.61. The molecule has 0 atom stereocenters. The average Bonchev–Trinajstić information content (AvgIpc) is 3.31. The van der Waals surface area contributed by atoms with Crippen LogP contribution < -0.4 is 10.4 Å². The minimum absolute atomic E-state index is 0.0674. The number of hydrogen-bond acceptors (Lipinski definition) is 4. The average molecular weight is 406 g/mol. The van der Waals surface area contributed by atoms with Crippen LogP contribution in [0.25, 0.3) is 28.0 Å². The third-order valence-corrected chi connectivity index (χ3v) is 5.24. The first-order valence-corrected chi connectivity index (χ1v) is 10.2. The van der Waals surface area contributed by atoms with Crippen LogP contribution in [0.5, 0.6) is 5.75 Å². The summed E-state index contributed by atoms with van der Waals surface area (Å²) in [6, 6.07) is 13.7. The lowest BCUT2D eigenvalue weighted by molar-refractivity contribution is 0.297. The Kier molecular flexibility index (Phi) is 5.72. The van der Waals surface area contributed by atoms with Gasteiger partial charge in [0, 0.05) is 30.8 Å². The number of rotatable bonds is 8. The molecule has 156 valence electrons. The Balaban J connectivity index is 1.82. The molecule has 0 aliphatic heterocycles. The van der Waals surface area contributed by atoms with Gasteiger partial charge in [-0.2, -0.15) is 5.10 Å². The molecule has 2 heterocycles. The van der Waals surface area contributed by atoms with Gasteiger partial charge in [0.1, 0.15) is 5.75 Å². The summed E-state index contributed by atoms with van der Waals surface area (Å²) in [7, 11) is 1.99. The van der Waals surface area contributed by atoms with E-state index in [4.69, 9.17) is 4.74 Å². The molecule has 0 radical (unpaired) electrons. The largest absolute Gasteiger partial charge is 0.493 e. The second-order valence-corrected chi connectivity index (χ2v) is 7.36. The Morgan fingerprint density at radius 1 is 1.17 bits per heavy atom. The highest BCUT2D eigenvalue weighted by molar-refractivity contribution is 5.82. The molecule has 0 unspecified atom stereocenters. The van der Waals surface area contributed by atoms with Gasteiger partial charge in [0.2, 0.25) is 0 Å². The van der Waals surface area contributed by atoms with Crippen molar-refractivity contribution in [3.8, 4) is 22.8 Å². The van der Waals surface area contributed by atoms with Crippen molar-refractivity contribution >= 4 is 10.9 Å². The van der Waals surface area contributed by atoms with E-state index in [1.165, 1.54) is 0 Å². The summed E-state index contributed by atoms with van der Waals surface area (Å²) in [6.45, 7) is 2.76. The molecular weight excluding hydrogens is 380 g/mol. The van der Waals surface area contributed by atoms with E-state index in [0.29, 0.717) is 24.6 Å². The number of aliphatic hydroxyl groups excluding tert-OH is 1. The predicted molar refractivity (Wildman–Crippen MR) is 117 cm³/mol. The van der Waals surface area contributed by atoms with Crippen LogP contribution in [-0.2, 0) is 13.5 Å². The van der Waals surface area contributed by atoms with Crippen molar-refractivity contribution in [2.24, 2.45) is 7.05 Å². The number of aliphatic hydroxyl groups is 1. The van der Waals surface area contributed by atoms with E-state index >= 15 is 0 Å². The van der Waals surface area contributed by atoms with Crippen LogP contribution in [0.3, 0.4) is 0 Å². The van der Waals surface area contributed by atoms with E-state index in [1.807, 2.05) is 60.3 Å². The van der Waals surface area contributed by atoms with Crippen LogP contribution >= 0.6 is 0 Å². The van der Waals surface area contributed by atoms with Crippen molar-refractivity contribution in [2.45, 2.75) is 26.2 Å². The number of unbranched alkanes of at least 4 members (excludes halogenated alkanes) is 1. The van der Waals surface area contributed by atoms with E-state index in [9.17, 15) is 9.90 Å². The van der Waals surface area contributed by atoms with E-state index in [2.05, 4.69) is 17.1 Å². The number of ether oxygens (including phenoxy) is 1. The van der Waals surface area contributed by atoms with Crippen LogP contribution in [0, 0.1) is 0 Å². The molecule has 7 heteroatoms. The predicted octanol–water partition coefficient (Wildman–Crippen LogP) is 3.43. The topological polar surface area (TPSA) is 85.1 Å². The van der Waals surface area contributed by atoms with Gasteiger partial charge < -0.3 is 14.4 Å². The molecule has 0 amide bonds. The van der Waals surface area contributed by atoms with Crippen LogP contribution in [0.4, 0.5) is 0 Å². The second kappa shape index (κ2) is 8.59. The molecule has 30 heavy (non-hydrogen) atoms. The van der Waals surface area contributed by atoms with Gasteiger partial charge in [-0.15, -0.1) is 0 Å². The summed E-state index contributed by atoms with van der Waals surface area (Å²) in [4.78, 5) is 12.7. The number of aryl methyl sites for hydroxylation is 1. The molecule has 2 aromatic heterocycles. The third-order valence-electron chi connectivity index (χ3n) is 5.24. The molecule has 0 aliphatic carbocycles. The molecule has 4 aromatic rings. The SMILES string of the molecule is CCCCOc1cc(CCO)ccc1-c1n[nH]c(=O)n1-c1ccc2c(ccn2C)c1. The zero-order chi connectivity index (χ0) is 21.1. The van der Waals surface area contributed by atoms with Gasteiger partial charge in [-0.25, -0.2) is 14.5 Å². The van der Waals surface area contributed by atoms with Gasteiger partial charge >= 0.3 is 5.69 Å². The van der Waals surface area contributed by atoms with Gasteiger partial charge in [0.05, 0.1) is 17.9 Å². The standard InChI is InChI=1S/C23H26N4O3/c1-3-4-13-30-21-14-16(10-12-28)5-7-19(21)22-24-25-23(29)27(22)18-6-8-20-17(15-18)9-11-26(20)2/h5-9,11,14-15,28H,3-4,10,12-13H2,1-2H3,(H,25,29). The number of hydrogen-bond donors (Lipinski definition) is 2. The Morgan fingerprint density at radius 3 is 2.83 bits per heavy atom. The first-order chi connectivity index (χ1) is 14.6. The van der Waals surface area contributed by atoms with Crippen molar-refractivity contribution < 1.29 is 9.84 Å². The van der Waals surface area contributed by atoms with E-state index in [1.54, 1.807) is 4.57 Å². The Bertz CT molecular complexity index is 1220. The van der Waals surface area contributed by atoms with Crippen LogP contribution in [0.15, 0.2) is 53.5 Å². The highest BCUT2D eigenvalue weighted by Crippen LogP contribution is 2.31. The highest BCUT2D eigenvalue weighted by atomic mass is 16.5. The minimum atomic E-state index is -0.306. The molecule has 2 aromatic carbocycles. The summed E-state index contributed by atoms with van der Waals surface area (Å²) in [5.41, 5.74) is 3.23. The lowest BCUT2D eigenvalue weighted by Gasteiger charge is -2.14. The van der Waals surface area contributed by atoms with Crippen molar-refractivity contribution in [3.05, 3.63) is 64.7 Å². The van der Waals surface area contributed by atoms with Gasteiger partial charge in [0.25, 0.3) is 0 Å². The van der Waals surface area contributed by atoms with Crippen molar-refractivity contribution in [1.29, 1.82) is 0 Å². The van der Waals surface area contributed by atoms with Crippen molar-refractivity contribution in [2.75, 3.05) is 13.2 Å². The zero-order valence-corrected chi connectivity index (χ0v) is 17.3. The molecule has 0 fully saturated rings. The molecule has 0 aliphatic rings. The maximum Gasteiger partial charge on any atom is 0.348 e. The van der Waals surface area contributed by atoms with E-state index in [-0.39, 0.29) is 12.3 Å². The quantitative estimate of drug-likeness (QED) is 0.439. The fourth-order valence-corrected chi connectivity index (χ4v) is 3.61. The number of nitrogens with one attached hydrogen (secondary N) is 1. The number of aromatic amines is 1. The summed E-state index contributed by atoms with van der Waals surface area (Å²) in [5, 5.41) is 17.2. The van der Waals surface area contributed by atoms with Gasteiger partial charge in [-0.3, -0.25) is 0 Å². The fraction of sp³-hybridized carbons (Fsp3) is 0.304. The molecule has 0 saturated carbocycles. The lowest BCUT2D eigenvalue weighted by Crippen LogP contribution is -2.16. The van der Waals surface area contributed by atoms with E-state index < -0.39 is 0 Å². The summed E-state index contributed by atoms with van der Waals surface area (Å²) in [5.74, 6) is 1.16. The first-order valence-electron chi connectivity index (χ1n) is 10.2. The molecule has 0 spiro atoms. The van der Waals surface area contributed by atoms with E-state index in [0.717, 1.165) is 40.6 Å². The molecule has 0 saturated heterocycles. The molecule has 4 rings (SSSR count). The smallest absolute Gasteiger partial charge is 0.348 e. The normalized spacial score (nSPS) is 11.3. The highest BCUT2D eigenvalue weighted by Gasteiger charge is 2.18. The number of benzene rings is 2. The summed E-state index contributed by atoms with van der Waals surface area (Å²) < 4.78 is 9.65. The molecule has 0 bridgehead atoms. The number of aromatic nitrogens is 4. The first kappa shape index (κ1) is 20.0. The molecule has 2 N–H and O–H groups in total. The lowest BCUT2D eigenvalue weighted by atomic mass is 10.1. The Labute approximate surface area is 174 Å². The minimum Gasteiger partial charge on any atom is -0.493 e. The van der Waals surface area contributed by atoms with Gasteiger partial charge in [0.15, 0.2) is 5.82 Å². The number of fused-ring (bicyclic) bond motifs is 1. The zero-order valence-electron chi connectivity index (χ0n) is 17.3. The van der Waals surface area contributed by atoms with Crippen molar-refractivity contribution in [3.63, 3.8) is 0 Å². The molecular formula is C23H26N4O3. The number of nitrogens with zero attached hydrogens (tertiary/aromatic N) is 3. The van der Waals surface area contributed by atoms with Crippen LogP contribution in [0.2, 0.25) is 0 Å². The summed E-state index contributed by atoms with van der Waals surface area (Å²) in [6.07, 6.45) is 4.49. The second-order valence-electron chi connectivity index (χ2n) is 7.36. The summed E-state index contributed by atoms with van der Waals surface area (Å²) >= 11 is 0.